The maximum atomic E-state index is 12.8. The van der Waals surface area contributed by atoms with E-state index in [9.17, 15) is 9.59 Å². The van der Waals surface area contributed by atoms with Gasteiger partial charge in [-0.25, -0.2) is 4.79 Å². The summed E-state index contributed by atoms with van der Waals surface area (Å²) in [5.41, 5.74) is 0.434. The molecule has 138 valence electrons. The summed E-state index contributed by atoms with van der Waals surface area (Å²) < 4.78 is 6.18. The van der Waals surface area contributed by atoms with Crippen molar-refractivity contribution in [3.8, 4) is 0 Å². The predicted octanol–water partition coefficient (Wildman–Crippen LogP) is 3.14. The zero-order valence-electron chi connectivity index (χ0n) is 15.6. The summed E-state index contributed by atoms with van der Waals surface area (Å²) in [6, 6.07) is 5.61. The van der Waals surface area contributed by atoms with Gasteiger partial charge < -0.3 is 15.0 Å². The maximum Gasteiger partial charge on any atom is 0.407 e. The molecule has 1 heterocycles. The summed E-state index contributed by atoms with van der Waals surface area (Å²) >= 11 is 3.44. The quantitative estimate of drug-likeness (QED) is 0.797. The van der Waals surface area contributed by atoms with Gasteiger partial charge in [0, 0.05) is 29.7 Å². The lowest BCUT2D eigenvalue weighted by molar-refractivity contribution is -0.123. The molecule has 0 spiro atoms. The van der Waals surface area contributed by atoms with Crippen molar-refractivity contribution in [3.63, 3.8) is 0 Å². The Morgan fingerprint density at radius 1 is 1.40 bits per heavy atom. The van der Waals surface area contributed by atoms with Gasteiger partial charge in [-0.1, -0.05) is 22.0 Å². The highest BCUT2D eigenvalue weighted by Gasteiger charge is 2.45. The molecular formula is C18H26BrN3O3. The van der Waals surface area contributed by atoms with Crippen LogP contribution in [-0.4, -0.2) is 37.2 Å². The van der Waals surface area contributed by atoms with Crippen LogP contribution in [0, 0.1) is 0 Å². The largest absolute Gasteiger partial charge is 0.444 e. The van der Waals surface area contributed by atoms with Crippen molar-refractivity contribution in [2.45, 2.75) is 51.8 Å². The average Bonchev–Trinajstić information content (AvgIpc) is 2.65. The lowest BCUT2D eigenvalue weighted by atomic mass is 9.93. The molecule has 2 atom stereocenters. The summed E-state index contributed by atoms with van der Waals surface area (Å²) in [4.78, 5) is 26.3. The summed E-state index contributed by atoms with van der Waals surface area (Å²) in [5.74, 6) is -0.0231. The molecule has 0 bridgehead atoms. The van der Waals surface area contributed by atoms with E-state index in [2.05, 4.69) is 26.6 Å². The molecule has 0 radical (unpaired) electrons. The van der Waals surface area contributed by atoms with Crippen molar-refractivity contribution >= 4 is 33.6 Å². The second-order valence-electron chi connectivity index (χ2n) is 7.58. The molecule has 1 aliphatic rings. The van der Waals surface area contributed by atoms with Crippen LogP contribution in [0.1, 0.15) is 40.2 Å². The normalized spacial score (nSPS) is 21.1. The lowest BCUT2D eigenvalue weighted by Gasteiger charge is -2.28. The Kier molecular flexibility index (Phi) is 5.49. The first-order chi connectivity index (χ1) is 11.4. The Morgan fingerprint density at radius 3 is 2.64 bits per heavy atom. The van der Waals surface area contributed by atoms with Crippen molar-refractivity contribution in [1.82, 2.24) is 10.6 Å². The fraction of sp³-hybridized carbons (Fsp3) is 0.556. The molecule has 7 heteroatoms. The number of hydrogen-bond acceptors (Lipinski definition) is 4. The third kappa shape index (κ3) is 4.33. The third-order valence-electron chi connectivity index (χ3n) is 4.12. The number of anilines is 1. The summed E-state index contributed by atoms with van der Waals surface area (Å²) in [7, 11) is 1.77. The van der Waals surface area contributed by atoms with Crippen LogP contribution in [0.15, 0.2) is 22.7 Å². The Labute approximate surface area is 157 Å². The van der Waals surface area contributed by atoms with Crippen molar-refractivity contribution in [2.75, 3.05) is 18.5 Å². The van der Waals surface area contributed by atoms with Crippen molar-refractivity contribution in [1.29, 1.82) is 0 Å². The first kappa shape index (κ1) is 19.7. The number of nitrogens with one attached hydrogen (secondary N) is 2. The number of alkyl carbamates (subject to hydrolysis) is 1. The number of halogens is 1. The second kappa shape index (κ2) is 6.96. The van der Waals surface area contributed by atoms with Crippen LogP contribution in [0.3, 0.4) is 0 Å². The zero-order chi connectivity index (χ0) is 19.0. The number of carbonyl (C=O) groups is 2. The molecule has 0 fully saturated rings. The highest BCUT2D eigenvalue weighted by molar-refractivity contribution is 9.10. The van der Waals surface area contributed by atoms with Crippen LogP contribution >= 0.6 is 15.9 Å². The number of hydrogen-bond donors (Lipinski definition) is 2. The standard InChI is InChI=1S/C18H26BrN3O3/c1-11(21-16(24)25-17(2,3)4)10-20-18(5)13-8-7-12(19)9-14(13)22(6)15(18)23/h7-9,11,20H,10H2,1-6H3,(H,21,24)/t11-,18?/m1/s1. The number of carbonyl (C=O) groups excluding carboxylic acids is 2. The van der Waals surface area contributed by atoms with E-state index in [0.717, 1.165) is 15.7 Å². The molecule has 1 unspecified atom stereocenters. The van der Waals surface area contributed by atoms with Gasteiger partial charge in [-0.15, -0.1) is 0 Å². The van der Waals surface area contributed by atoms with Gasteiger partial charge in [-0.3, -0.25) is 10.1 Å². The monoisotopic (exact) mass is 411 g/mol. The molecule has 0 aliphatic carbocycles. The molecule has 0 saturated heterocycles. The van der Waals surface area contributed by atoms with Gasteiger partial charge in [0.05, 0.1) is 5.69 Å². The van der Waals surface area contributed by atoms with Gasteiger partial charge in [0.25, 0.3) is 5.91 Å². The van der Waals surface area contributed by atoms with Crippen LogP contribution < -0.4 is 15.5 Å². The predicted molar refractivity (Wildman–Crippen MR) is 102 cm³/mol. The zero-order valence-corrected chi connectivity index (χ0v) is 17.2. The first-order valence-electron chi connectivity index (χ1n) is 8.27. The molecule has 25 heavy (non-hydrogen) atoms. The maximum absolute atomic E-state index is 12.8. The Bertz CT molecular complexity index is 687. The van der Waals surface area contributed by atoms with E-state index in [1.165, 1.54) is 0 Å². The second-order valence-corrected chi connectivity index (χ2v) is 8.49. The number of nitrogens with zero attached hydrogens (tertiary/aromatic N) is 1. The Hall–Kier alpha value is -1.60. The third-order valence-corrected chi connectivity index (χ3v) is 4.61. The van der Waals surface area contributed by atoms with Crippen molar-refractivity contribution < 1.29 is 14.3 Å². The number of amides is 2. The number of ether oxygens (including phenoxy) is 1. The van der Waals surface area contributed by atoms with Crippen LogP contribution in [-0.2, 0) is 15.1 Å². The van der Waals surface area contributed by atoms with E-state index in [1.807, 2.05) is 52.8 Å². The van der Waals surface area contributed by atoms with E-state index < -0.39 is 17.2 Å². The molecule has 2 rings (SSSR count). The molecular weight excluding hydrogens is 386 g/mol. The summed E-state index contributed by atoms with van der Waals surface area (Å²) in [5, 5.41) is 6.09. The molecule has 0 aromatic heterocycles. The fourth-order valence-electron chi connectivity index (χ4n) is 2.85. The lowest BCUT2D eigenvalue weighted by Crippen LogP contribution is -2.52. The fourth-order valence-corrected chi connectivity index (χ4v) is 3.20. The van der Waals surface area contributed by atoms with Crippen molar-refractivity contribution in [3.05, 3.63) is 28.2 Å². The first-order valence-corrected chi connectivity index (χ1v) is 9.06. The topological polar surface area (TPSA) is 70.7 Å². The number of rotatable bonds is 4. The molecule has 2 N–H and O–H groups in total. The molecule has 0 saturated carbocycles. The van der Waals surface area contributed by atoms with Crippen LogP contribution in [0.25, 0.3) is 0 Å². The molecule has 6 nitrogen and oxygen atoms in total. The highest BCUT2D eigenvalue weighted by Crippen LogP contribution is 2.40. The van der Waals surface area contributed by atoms with E-state index in [1.54, 1.807) is 11.9 Å². The van der Waals surface area contributed by atoms with Crippen LogP contribution in [0.4, 0.5) is 10.5 Å². The molecule has 2 amide bonds. The van der Waals surface area contributed by atoms with Gasteiger partial charge >= 0.3 is 6.09 Å². The number of benzene rings is 1. The van der Waals surface area contributed by atoms with Gasteiger partial charge in [0.15, 0.2) is 0 Å². The Morgan fingerprint density at radius 2 is 2.04 bits per heavy atom. The molecule has 1 aliphatic heterocycles. The van der Waals surface area contributed by atoms with E-state index >= 15 is 0 Å². The number of likely N-dealkylation sites (N-methyl/N-ethyl adjacent to an activating group) is 1. The van der Waals surface area contributed by atoms with E-state index in [-0.39, 0.29) is 11.9 Å². The van der Waals surface area contributed by atoms with Crippen LogP contribution in [0.2, 0.25) is 0 Å². The molecule has 1 aromatic carbocycles. The summed E-state index contributed by atoms with van der Waals surface area (Å²) in [6.45, 7) is 9.62. The SMILES string of the molecule is C[C@H](CNC1(C)C(=O)N(C)c2cc(Br)ccc21)NC(=O)OC(C)(C)C. The summed E-state index contributed by atoms with van der Waals surface area (Å²) in [6.07, 6.45) is -0.467. The Balaban J connectivity index is 2.05. The van der Waals surface area contributed by atoms with Gasteiger partial charge in [-0.05, 0) is 46.8 Å². The van der Waals surface area contributed by atoms with E-state index in [0.29, 0.717) is 6.54 Å². The highest BCUT2D eigenvalue weighted by atomic mass is 79.9. The smallest absolute Gasteiger partial charge is 0.407 e. The minimum Gasteiger partial charge on any atom is -0.444 e. The minimum absolute atomic E-state index is 0.0231. The average molecular weight is 412 g/mol. The van der Waals surface area contributed by atoms with Crippen LogP contribution in [0.5, 0.6) is 0 Å². The van der Waals surface area contributed by atoms with Gasteiger partial charge in [0.1, 0.15) is 11.1 Å². The van der Waals surface area contributed by atoms with E-state index in [4.69, 9.17) is 4.74 Å². The number of fused-ring (bicyclic) bond motifs is 1. The van der Waals surface area contributed by atoms with Gasteiger partial charge in [0.2, 0.25) is 0 Å². The minimum atomic E-state index is -0.825. The molecule has 1 aromatic rings. The van der Waals surface area contributed by atoms with Crippen molar-refractivity contribution in [2.24, 2.45) is 0 Å². The van der Waals surface area contributed by atoms with Gasteiger partial charge in [-0.2, -0.15) is 0 Å².